The summed E-state index contributed by atoms with van der Waals surface area (Å²) in [5, 5.41) is 3.23. The van der Waals surface area contributed by atoms with Crippen LogP contribution in [0.15, 0.2) is 9.98 Å². The summed E-state index contributed by atoms with van der Waals surface area (Å²) in [4.78, 5) is 7.99. The van der Waals surface area contributed by atoms with Gasteiger partial charge < -0.3 is 5.32 Å². The van der Waals surface area contributed by atoms with Crippen molar-refractivity contribution in [1.82, 2.24) is 5.32 Å². The Morgan fingerprint density at radius 2 is 1.92 bits per heavy atom. The van der Waals surface area contributed by atoms with Gasteiger partial charge in [0, 0.05) is 6.54 Å². The van der Waals surface area contributed by atoms with Gasteiger partial charge in [0.25, 0.3) is 0 Å². The van der Waals surface area contributed by atoms with E-state index >= 15 is 0 Å². The molecule has 0 saturated carbocycles. The predicted octanol–water partition coefficient (Wildman–Crippen LogP) is 1.57. The molecule has 0 spiro atoms. The molecule has 0 amide bonds. The Morgan fingerprint density at radius 3 is 2.58 bits per heavy atom. The molecule has 0 aromatic rings. The third-order valence-corrected chi connectivity index (χ3v) is 1.35. The smallest absolute Gasteiger partial charge is 0.0892 e. The first-order chi connectivity index (χ1) is 5.91. The molecule has 0 aliphatic carbocycles. The molecule has 0 aromatic heterocycles. The van der Waals surface area contributed by atoms with Crippen LogP contribution in [0.1, 0.15) is 26.7 Å². The molecule has 0 aliphatic rings. The third kappa shape index (κ3) is 9.34. The van der Waals surface area contributed by atoms with Gasteiger partial charge in [-0.15, -0.1) is 0 Å². The lowest BCUT2D eigenvalue weighted by Gasteiger charge is -1.95. The van der Waals surface area contributed by atoms with E-state index < -0.39 is 0 Å². The minimum atomic E-state index is 0.834. The molecule has 0 unspecified atom stereocenters. The molecule has 0 atom stereocenters. The molecule has 0 aliphatic heterocycles. The molecule has 3 nitrogen and oxygen atoms in total. The quantitative estimate of drug-likeness (QED) is 0.456. The Balaban J connectivity index is 3.12. The lowest BCUT2D eigenvalue weighted by molar-refractivity contribution is 0.680. The molecule has 0 saturated heterocycles. The summed E-state index contributed by atoms with van der Waals surface area (Å²) in [5.41, 5.74) is 0. The highest BCUT2D eigenvalue weighted by atomic mass is 14.9. The molecule has 3 heteroatoms. The van der Waals surface area contributed by atoms with Crippen LogP contribution >= 0.6 is 0 Å². The zero-order valence-electron chi connectivity index (χ0n) is 8.14. The Kier molecular flexibility index (Phi) is 9.77. The minimum Gasteiger partial charge on any atom is -0.317 e. The predicted molar refractivity (Wildman–Crippen MR) is 53.0 cm³/mol. The average molecular weight is 169 g/mol. The van der Waals surface area contributed by atoms with Crippen LogP contribution in [0.3, 0.4) is 0 Å². The van der Waals surface area contributed by atoms with Gasteiger partial charge >= 0.3 is 0 Å². The summed E-state index contributed by atoms with van der Waals surface area (Å²) in [6, 6.07) is 2.69. The van der Waals surface area contributed by atoms with Crippen molar-refractivity contribution in [3.05, 3.63) is 0 Å². The van der Waals surface area contributed by atoms with Crippen LogP contribution in [-0.4, -0.2) is 32.2 Å². The van der Waals surface area contributed by atoms with E-state index in [9.17, 15) is 0 Å². The first kappa shape index (κ1) is 11.3. The van der Waals surface area contributed by atoms with Crippen molar-refractivity contribution in [2.45, 2.75) is 26.7 Å². The standard InChI is InChI=1S/C9H19N3/c1-3-6-11-9-12-8-5-7-10-4-2/h10H,3-8H2,1-2H3. The van der Waals surface area contributed by atoms with Crippen LogP contribution in [0, 0.1) is 0 Å². The minimum absolute atomic E-state index is 0.834. The second-order valence-electron chi connectivity index (χ2n) is 2.57. The van der Waals surface area contributed by atoms with E-state index in [0.29, 0.717) is 0 Å². The number of hydrogen-bond acceptors (Lipinski definition) is 3. The number of rotatable bonds is 7. The van der Waals surface area contributed by atoms with E-state index in [4.69, 9.17) is 0 Å². The van der Waals surface area contributed by atoms with Gasteiger partial charge in [-0.25, -0.2) is 9.98 Å². The summed E-state index contributed by atoms with van der Waals surface area (Å²) in [7, 11) is 0. The Hall–Kier alpha value is -0.660. The van der Waals surface area contributed by atoms with E-state index in [2.05, 4.69) is 35.2 Å². The molecule has 12 heavy (non-hydrogen) atoms. The van der Waals surface area contributed by atoms with Crippen molar-refractivity contribution < 1.29 is 0 Å². The number of aliphatic imine (C=N–C) groups is 2. The zero-order chi connectivity index (χ0) is 9.07. The van der Waals surface area contributed by atoms with Crippen molar-refractivity contribution in [2.24, 2.45) is 9.98 Å². The second kappa shape index (κ2) is 10.3. The van der Waals surface area contributed by atoms with E-state index in [1.54, 1.807) is 0 Å². The SMILES string of the molecule is CCCN=C=NCCCNCC. The summed E-state index contributed by atoms with van der Waals surface area (Å²) in [5.74, 6) is 0. The van der Waals surface area contributed by atoms with Crippen LogP contribution in [0.25, 0.3) is 0 Å². The summed E-state index contributed by atoms with van der Waals surface area (Å²) >= 11 is 0. The number of hydrogen-bond donors (Lipinski definition) is 1. The average Bonchev–Trinajstić information content (AvgIpc) is 2.10. The lowest BCUT2D eigenvalue weighted by Crippen LogP contribution is -2.14. The molecule has 70 valence electrons. The van der Waals surface area contributed by atoms with Crippen molar-refractivity contribution in [3.8, 4) is 0 Å². The fourth-order valence-corrected chi connectivity index (χ4v) is 0.722. The Labute approximate surface area is 75.0 Å². The highest BCUT2D eigenvalue weighted by Crippen LogP contribution is 1.78. The summed E-state index contributed by atoms with van der Waals surface area (Å²) in [6.07, 6.45) is 2.14. The first-order valence-corrected chi connectivity index (χ1v) is 4.70. The summed E-state index contributed by atoms with van der Waals surface area (Å²) < 4.78 is 0. The van der Waals surface area contributed by atoms with Crippen LogP contribution < -0.4 is 5.32 Å². The van der Waals surface area contributed by atoms with E-state index in [1.807, 2.05) is 0 Å². The number of nitrogens with zero attached hydrogens (tertiary/aromatic N) is 2. The molecule has 0 bridgehead atoms. The first-order valence-electron chi connectivity index (χ1n) is 4.70. The Morgan fingerprint density at radius 1 is 1.17 bits per heavy atom. The van der Waals surface area contributed by atoms with Gasteiger partial charge in [-0.2, -0.15) is 0 Å². The maximum absolute atomic E-state index is 4.02. The molecular formula is C9H19N3. The van der Waals surface area contributed by atoms with Crippen molar-refractivity contribution in [1.29, 1.82) is 0 Å². The fraction of sp³-hybridized carbons (Fsp3) is 0.889. The van der Waals surface area contributed by atoms with Crippen molar-refractivity contribution in [3.63, 3.8) is 0 Å². The van der Waals surface area contributed by atoms with E-state index in [1.165, 1.54) is 0 Å². The fourth-order valence-electron chi connectivity index (χ4n) is 0.722. The normalized spacial score (nSPS) is 9.17. The monoisotopic (exact) mass is 169 g/mol. The molecular weight excluding hydrogens is 150 g/mol. The summed E-state index contributed by atoms with van der Waals surface area (Å²) in [6.45, 7) is 7.95. The van der Waals surface area contributed by atoms with E-state index in [0.717, 1.165) is 39.0 Å². The maximum Gasteiger partial charge on any atom is 0.0892 e. The van der Waals surface area contributed by atoms with Gasteiger partial charge in [0.1, 0.15) is 0 Å². The van der Waals surface area contributed by atoms with Crippen LogP contribution in [0.5, 0.6) is 0 Å². The lowest BCUT2D eigenvalue weighted by atomic mass is 10.4. The second-order valence-corrected chi connectivity index (χ2v) is 2.57. The van der Waals surface area contributed by atoms with Crippen LogP contribution in [0.4, 0.5) is 0 Å². The third-order valence-electron chi connectivity index (χ3n) is 1.35. The molecule has 0 radical (unpaired) electrons. The topological polar surface area (TPSA) is 36.8 Å². The van der Waals surface area contributed by atoms with Gasteiger partial charge in [0.2, 0.25) is 0 Å². The van der Waals surface area contributed by atoms with Gasteiger partial charge in [-0.3, -0.25) is 0 Å². The van der Waals surface area contributed by atoms with Gasteiger partial charge in [-0.05, 0) is 25.9 Å². The van der Waals surface area contributed by atoms with Crippen molar-refractivity contribution in [2.75, 3.05) is 26.2 Å². The molecule has 0 fully saturated rings. The molecule has 0 heterocycles. The van der Waals surface area contributed by atoms with Crippen LogP contribution in [-0.2, 0) is 0 Å². The molecule has 0 rings (SSSR count). The van der Waals surface area contributed by atoms with Crippen molar-refractivity contribution >= 4 is 6.01 Å². The highest BCUT2D eigenvalue weighted by Gasteiger charge is 1.81. The van der Waals surface area contributed by atoms with E-state index in [-0.39, 0.29) is 0 Å². The highest BCUT2D eigenvalue weighted by molar-refractivity contribution is 5.40. The molecule has 0 aromatic carbocycles. The molecule has 1 N–H and O–H groups in total. The van der Waals surface area contributed by atoms with Gasteiger partial charge in [0.15, 0.2) is 0 Å². The van der Waals surface area contributed by atoms with Crippen LogP contribution in [0.2, 0.25) is 0 Å². The largest absolute Gasteiger partial charge is 0.317 e. The van der Waals surface area contributed by atoms with Gasteiger partial charge in [0.05, 0.1) is 12.6 Å². The Bertz CT molecular complexity index is 137. The number of nitrogens with one attached hydrogen (secondary N) is 1. The maximum atomic E-state index is 4.02. The zero-order valence-corrected chi connectivity index (χ0v) is 8.14. The van der Waals surface area contributed by atoms with Gasteiger partial charge in [-0.1, -0.05) is 13.8 Å².